The minimum Gasteiger partial charge on any atom is -0.463 e. The highest BCUT2D eigenvalue weighted by Gasteiger charge is 2.20. The van der Waals surface area contributed by atoms with Crippen LogP contribution in [-0.2, 0) is 11.3 Å². The average Bonchev–Trinajstić information content (AvgIpc) is 2.66. The molecular weight excluding hydrogens is 409 g/mol. The van der Waals surface area contributed by atoms with Gasteiger partial charge in [0.2, 0.25) is 5.88 Å². The third-order valence-corrected chi connectivity index (χ3v) is 4.41. The maximum absolute atomic E-state index is 12.4. The minimum atomic E-state index is -0.751. The lowest BCUT2D eigenvalue weighted by molar-refractivity contribution is -0.128. The summed E-state index contributed by atoms with van der Waals surface area (Å²) in [4.78, 5) is 28.3. The van der Waals surface area contributed by atoms with Gasteiger partial charge in [-0.2, -0.15) is 0 Å². The monoisotopic (exact) mass is 427 g/mol. The summed E-state index contributed by atoms with van der Waals surface area (Å²) in [7, 11) is 0. The van der Waals surface area contributed by atoms with Crippen molar-refractivity contribution in [2.45, 2.75) is 26.0 Å². The zero-order chi connectivity index (χ0) is 19.8. The molecule has 2 aromatic rings. The molecule has 6 nitrogen and oxygen atoms in total. The van der Waals surface area contributed by atoms with Crippen molar-refractivity contribution in [2.75, 3.05) is 6.26 Å². The quantitative estimate of drug-likeness (QED) is 0.624. The van der Waals surface area contributed by atoms with Crippen LogP contribution < -0.4 is 14.8 Å². The molecule has 0 radical (unpaired) electrons. The van der Waals surface area contributed by atoms with Crippen LogP contribution in [0.15, 0.2) is 36.5 Å². The van der Waals surface area contributed by atoms with Crippen molar-refractivity contribution in [1.29, 1.82) is 0 Å². The van der Waals surface area contributed by atoms with E-state index in [0.29, 0.717) is 17.0 Å². The Labute approximate surface area is 172 Å². The van der Waals surface area contributed by atoms with E-state index in [1.807, 2.05) is 13.0 Å². The summed E-state index contributed by atoms with van der Waals surface area (Å²) in [5, 5.41) is 3.42. The second-order valence-electron chi connectivity index (χ2n) is 5.51. The van der Waals surface area contributed by atoms with E-state index in [1.54, 1.807) is 24.5 Å². The summed E-state index contributed by atoms with van der Waals surface area (Å²) in [6.07, 6.45) is 2.86. The highest BCUT2D eigenvalue weighted by atomic mass is 35.5. The summed E-state index contributed by atoms with van der Waals surface area (Å²) >= 11 is 13.1. The average molecular weight is 428 g/mol. The van der Waals surface area contributed by atoms with Crippen LogP contribution in [0.2, 0.25) is 10.0 Å². The van der Waals surface area contributed by atoms with Crippen LogP contribution in [0.25, 0.3) is 0 Å². The number of ether oxygens (including phenoxy) is 1. The first-order chi connectivity index (χ1) is 12.9. The first kappa shape index (κ1) is 21.3. The van der Waals surface area contributed by atoms with Crippen LogP contribution in [0, 0.1) is 0 Å². The van der Waals surface area contributed by atoms with Crippen molar-refractivity contribution in [3.63, 3.8) is 0 Å². The third-order valence-electron chi connectivity index (χ3n) is 3.54. The fourth-order valence-corrected chi connectivity index (χ4v) is 2.95. The van der Waals surface area contributed by atoms with Gasteiger partial charge in [0, 0.05) is 24.6 Å². The SMILES string of the molecule is CCC(Oc1ncc(Cl)cc1Cl)C(=O)NCc1cccc(C(=O)NSC)c1. The molecule has 144 valence electrons. The number of pyridine rings is 1. The van der Waals surface area contributed by atoms with E-state index in [-0.39, 0.29) is 29.3 Å². The van der Waals surface area contributed by atoms with Crippen LogP contribution in [-0.4, -0.2) is 29.2 Å². The molecule has 2 amide bonds. The van der Waals surface area contributed by atoms with Crippen molar-refractivity contribution >= 4 is 47.0 Å². The van der Waals surface area contributed by atoms with Gasteiger partial charge in [0.25, 0.3) is 11.8 Å². The Morgan fingerprint density at radius 3 is 2.74 bits per heavy atom. The second kappa shape index (κ2) is 10.4. The van der Waals surface area contributed by atoms with Gasteiger partial charge in [0.1, 0.15) is 5.02 Å². The van der Waals surface area contributed by atoms with E-state index < -0.39 is 6.10 Å². The summed E-state index contributed by atoms with van der Waals surface area (Å²) in [5.41, 5.74) is 1.33. The Morgan fingerprint density at radius 1 is 1.30 bits per heavy atom. The highest BCUT2D eigenvalue weighted by Crippen LogP contribution is 2.25. The van der Waals surface area contributed by atoms with Crippen LogP contribution in [0.1, 0.15) is 29.3 Å². The molecule has 0 aliphatic carbocycles. The molecule has 2 rings (SSSR count). The van der Waals surface area contributed by atoms with Crippen molar-refractivity contribution in [3.8, 4) is 5.88 Å². The molecule has 1 unspecified atom stereocenters. The smallest absolute Gasteiger partial charge is 0.261 e. The van der Waals surface area contributed by atoms with Gasteiger partial charge in [-0.3, -0.25) is 14.3 Å². The molecule has 1 heterocycles. The molecule has 0 bridgehead atoms. The molecule has 0 spiro atoms. The Bertz CT molecular complexity index is 820. The number of hydrogen-bond acceptors (Lipinski definition) is 5. The van der Waals surface area contributed by atoms with Gasteiger partial charge in [-0.25, -0.2) is 4.98 Å². The number of carbonyl (C=O) groups is 2. The molecule has 0 saturated heterocycles. The lowest BCUT2D eigenvalue weighted by atomic mass is 10.1. The number of amides is 2. The molecule has 0 saturated carbocycles. The van der Waals surface area contributed by atoms with Gasteiger partial charge in [-0.15, -0.1) is 0 Å². The van der Waals surface area contributed by atoms with Gasteiger partial charge in [-0.05, 0) is 30.2 Å². The van der Waals surface area contributed by atoms with Gasteiger partial charge in [0.15, 0.2) is 6.10 Å². The zero-order valence-corrected chi connectivity index (χ0v) is 17.1. The lowest BCUT2D eigenvalue weighted by Gasteiger charge is -2.17. The summed E-state index contributed by atoms with van der Waals surface area (Å²) in [6.45, 7) is 2.09. The van der Waals surface area contributed by atoms with Crippen LogP contribution in [0.4, 0.5) is 0 Å². The molecule has 0 fully saturated rings. The van der Waals surface area contributed by atoms with Crippen molar-refractivity contribution in [2.24, 2.45) is 0 Å². The van der Waals surface area contributed by atoms with E-state index in [4.69, 9.17) is 27.9 Å². The molecule has 1 atom stereocenters. The summed E-state index contributed by atoms with van der Waals surface area (Å²) in [6, 6.07) is 8.53. The predicted octanol–water partition coefficient (Wildman–Crippen LogP) is 3.87. The van der Waals surface area contributed by atoms with E-state index in [9.17, 15) is 9.59 Å². The number of benzene rings is 1. The highest BCUT2D eigenvalue weighted by molar-refractivity contribution is 7.97. The Kier molecular flexibility index (Phi) is 8.22. The maximum atomic E-state index is 12.4. The van der Waals surface area contributed by atoms with Gasteiger partial charge in [0.05, 0.1) is 5.02 Å². The number of rotatable bonds is 8. The van der Waals surface area contributed by atoms with Gasteiger partial charge >= 0.3 is 0 Å². The minimum absolute atomic E-state index is 0.152. The summed E-state index contributed by atoms with van der Waals surface area (Å²) in [5.74, 6) is -0.336. The molecule has 9 heteroatoms. The van der Waals surface area contributed by atoms with Crippen LogP contribution in [0.5, 0.6) is 5.88 Å². The van der Waals surface area contributed by atoms with Crippen LogP contribution >= 0.6 is 35.1 Å². The molecule has 27 heavy (non-hydrogen) atoms. The summed E-state index contributed by atoms with van der Waals surface area (Å²) < 4.78 is 8.27. The first-order valence-corrected chi connectivity index (χ1v) is 10.1. The molecule has 0 aliphatic rings. The Morgan fingerprint density at radius 2 is 2.07 bits per heavy atom. The number of aromatic nitrogens is 1. The lowest BCUT2D eigenvalue weighted by Crippen LogP contribution is -2.37. The van der Waals surface area contributed by atoms with Gasteiger partial charge < -0.3 is 10.1 Å². The van der Waals surface area contributed by atoms with Crippen molar-refractivity contribution < 1.29 is 14.3 Å². The predicted molar refractivity (Wildman–Crippen MR) is 108 cm³/mol. The fraction of sp³-hybridized carbons (Fsp3) is 0.278. The third kappa shape index (κ3) is 6.30. The van der Waals surface area contributed by atoms with Crippen LogP contribution in [0.3, 0.4) is 0 Å². The number of carbonyl (C=O) groups excluding carboxylic acids is 2. The van der Waals surface area contributed by atoms with E-state index in [1.165, 1.54) is 24.2 Å². The normalized spacial score (nSPS) is 11.6. The molecule has 1 aromatic carbocycles. The number of halogens is 2. The second-order valence-corrected chi connectivity index (χ2v) is 6.96. The van der Waals surface area contributed by atoms with E-state index in [2.05, 4.69) is 15.0 Å². The first-order valence-electron chi connectivity index (χ1n) is 8.12. The van der Waals surface area contributed by atoms with Gasteiger partial charge in [-0.1, -0.05) is 54.2 Å². The maximum Gasteiger partial charge on any atom is 0.261 e. The fourth-order valence-electron chi connectivity index (χ4n) is 2.22. The van der Waals surface area contributed by atoms with Crippen molar-refractivity contribution in [1.82, 2.24) is 15.0 Å². The number of nitrogens with one attached hydrogen (secondary N) is 2. The van der Waals surface area contributed by atoms with E-state index in [0.717, 1.165) is 5.56 Å². The molecular formula is C18H19Cl2N3O3S. The zero-order valence-electron chi connectivity index (χ0n) is 14.8. The topological polar surface area (TPSA) is 80.3 Å². The standard InChI is InChI=1S/C18H19Cl2N3O3S/c1-3-15(26-18-14(20)8-13(19)10-22-18)17(25)21-9-11-5-4-6-12(7-11)16(24)23-27-2/h4-8,10,15H,3,9H2,1-2H3,(H,21,25)(H,23,24). The Balaban J connectivity index is 1.99. The molecule has 0 aliphatic heterocycles. The van der Waals surface area contributed by atoms with E-state index >= 15 is 0 Å². The Hall–Kier alpha value is -1.96. The largest absolute Gasteiger partial charge is 0.463 e. The molecule has 2 N–H and O–H groups in total. The van der Waals surface area contributed by atoms with Crippen molar-refractivity contribution in [3.05, 3.63) is 57.7 Å². The number of hydrogen-bond donors (Lipinski definition) is 2. The molecule has 1 aromatic heterocycles. The number of nitrogens with zero attached hydrogens (tertiary/aromatic N) is 1.